The van der Waals surface area contributed by atoms with Crippen molar-refractivity contribution in [2.45, 2.75) is 341 Å². The molecule has 0 heterocycles. The molecule has 10 heteroatoms. The Morgan fingerprint density at radius 3 is 1.04 bits per heavy atom. The van der Waals surface area contributed by atoms with Crippen molar-refractivity contribution in [3.8, 4) is 0 Å². The van der Waals surface area contributed by atoms with Crippen LogP contribution in [0.15, 0.2) is 72.9 Å². The minimum absolute atomic E-state index is 0.0234. The van der Waals surface area contributed by atoms with Gasteiger partial charge < -0.3 is 18.9 Å². The first kappa shape index (κ1) is 81.5. The number of esters is 2. The van der Waals surface area contributed by atoms with Crippen LogP contribution in [0.2, 0.25) is 0 Å². The summed E-state index contributed by atoms with van der Waals surface area (Å²) in [6.45, 7) is 4.31. The van der Waals surface area contributed by atoms with E-state index in [2.05, 4.69) is 86.8 Å². The second kappa shape index (κ2) is 64.9. The highest BCUT2D eigenvalue weighted by molar-refractivity contribution is 7.47. The summed E-state index contributed by atoms with van der Waals surface area (Å²) < 4.78 is 34.6. The zero-order chi connectivity index (χ0) is 61.2. The number of carbonyl (C=O) groups is 2. The first-order chi connectivity index (χ1) is 41.0. The molecule has 1 N–H and O–H groups in total. The van der Waals surface area contributed by atoms with Crippen LogP contribution in [0.3, 0.4) is 0 Å². The van der Waals surface area contributed by atoms with E-state index in [1.54, 1.807) is 0 Å². The molecule has 0 aromatic heterocycles. The standard InChI is InChI=1S/C74H136NO8P/c1-6-8-10-12-14-16-18-20-22-24-26-27-28-29-30-31-32-33-34-35-36-37-38-39-40-41-42-43-44-45-46-47-49-50-52-54-56-58-60-62-64-66-73(76)80-70-72(71-82-84(78,79)81-69-68-75(3,4)5)83-74(77)67-65-63-61-59-57-55-53-51-48-25-23-21-19-17-15-13-11-9-7-2/h9,11,15,17,21,23-24,26,48,51,55,57,72H,6-8,10,12-14,16,18-20,22,25,27-47,49-50,52-54,56,58-71H2,1-5H3/p+1/b11-9-,17-15-,23-21-,26-24-,51-48-,57-55-. The number of phosphoric ester groups is 1. The molecule has 0 aromatic rings. The average Bonchev–Trinajstić information content (AvgIpc) is 3.61. The molecule has 0 aliphatic heterocycles. The lowest BCUT2D eigenvalue weighted by atomic mass is 10.0. The van der Waals surface area contributed by atoms with Crippen molar-refractivity contribution < 1.29 is 42.1 Å². The summed E-state index contributed by atoms with van der Waals surface area (Å²) in [4.78, 5) is 35.8. The maximum Gasteiger partial charge on any atom is 0.472 e. The van der Waals surface area contributed by atoms with E-state index in [4.69, 9.17) is 18.5 Å². The highest BCUT2D eigenvalue weighted by Gasteiger charge is 2.27. The zero-order valence-corrected chi connectivity index (χ0v) is 56.8. The van der Waals surface area contributed by atoms with Crippen molar-refractivity contribution in [2.75, 3.05) is 47.5 Å². The number of quaternary nitrogens is 1. The van der Waals surface area contributed by atoms with Gasteiger partial charge in [-0.1, -0.05) is 311 Å². The van der Waals surface area contributed by atoms with Gasteiger partial charge in [-0.3, -0.25) is 18.6 Å². The lowest BCUT2D eigenvalue weighted by Gasteiger charge is -2.24. The number of hydrogen-bond acceptors (Lipinski definition) is 7. The Bertz CT molecular complexity index is 1650. The Morgan fingerprint density at radius 1 is 0.381 bits per heavy atom. The normalized spacial score (nSPS) is 13.5. The van der Waals surface area contributed by atoms with Gasteiger partial charge >= 0.3 is 19.8 Å². The van der Waals surface area contributed by atoms with Crippen LogP contribution in [-0.2, 0) is 32.7 Å². The molecule has 0 saturated carbocycles. The van der Waals surface area contributed by atoms with Gasteiger partial charge in [-0.2, -0.15) is 0 Å². The first-order valence-electron chi connectivity index (χ1n) is 35.7. The van der Waals surface area contributed by atoms with Crippen molar-refractivity contribution in [3.63, 3.8) is 0 Å². The van der Waals surface area contributed by atoms with E-state index >= 15 is 0 Å². The number of nitrogens with zero attached hydrogens (tertiary/aromatic N) is 1. The fraction of sp³-hybridized carbons (Fsp3) is 0.811. The fourth-order valence-corrected chi connectivity index (χ4v) is 11.0. The van der Waals surface area contributed by atoms with Crippen molar-refractivity contribution in [2.24, 2.45) is 0 Å². The van der Waals surface area contributed by atoms with Gasteiger partial charge in [0.15, 0.2) is 6.10 Å². The largest absolute Gasteiger partial charge is 0.472 e. The van der Waals surface area contributed by atoms with Gasteiger partial charge in [-0.05, 0) is 83.5 Å². The van der Waals surface area contributed by atoms with Gasteiger partial charge in [0.25, 0.3) is 0 Å². The lowest BCUT2D eigenvalue weighted by molar-refractivity contribution is -0.870. The van der Waals surface area contributed by atoms with Crippen LogP contribution < -0.4 is 0 Å². The molecular formula is C74H137NO8P+. The number of phosphoric acid groups is 1. The summed E-state index contributed by atoms with van der Waals surface area (Å²) in [6.07, 6.45) is 87.6. The number of rotatable bonds is 66. The summed E-state index contributed by atoms with van der Waals surface area (Å²) >= 11 is 0. The lowest BCUT2D eigenvalue weighted by Crippen LogP contribution is -2.37. The predicted molar refractivity (Wildman–Crippen MR) is 363 cm³/mol. The molecule has 0 aliphatic carbocycles. The highest BCUT2D eigenvalue weighted by atomic mass is 31.2. The number of allylic oxidation sites excluding steroid dienone is 12. The van der Waals surface area contributed by atoms with E-state index in [9.17, 15) is 19.0 Å². The predicted octanol–water partition coefficient (Wildman–Crippen LogP) is 23.2. The van der Waals surface area contributed by atoms with Crippen LogP contribution >= 0.6 is 7.82 Å². The molecule has 9 nitrogen and oxygen atoms in total. The van der Waals surface area contributed by atoms with Gasteiger partial charge in [0.2, 0.25) is 0 Å². The number of likely N-dealkylation sites (N-methyl/N-ethyl adjacent to an activating group) is 1. The molecule has 2 unspecified atom stereocenters. The third-order valence-electron chi connectivity index (χ3n) is 15.7. The average molecular weight is 1200 g/mol. The Morgan fingerprint density at radius 2 is 0.679 bits per heavy atom. The zero-order valence-electron chi connectivity index (χ0n) is 55.9. The van der Waals surface area contributed by atoms with Crippen molar-refractivity contribution in [3.05, 3.63) is 72.9 Å². The third kappa shape index (κ3) is 68.6. The van der Waals surface area contributed by atoms with Crippen molar-refractivity contribution in [1.82, 2.24) is 0 Å². The Kier molecular flexibility index (Phi) is 62.9. The Labute approximate surface area is 520 Å². The van der Waals surface area contributed by atoms with Crippen LogP contribution in [0.5, 0.6) is 0 Å². The molecule has 0 spiro atoms. The summed E-state index contributed by atoms with van der Waals surface area (Å²) in [5.41, 5.74) is 0. The van der Waals surface area contributed by atoms with Crippen LogP contribution in [0.25, 0.3) is 0 Å². The molecule has 0 bridgehead atoms. The summed E-state index contributed by atoms with van der Waals surface area (Å²) in [5, 5.41) is 0. The van der Waals surface area contributed by atoms with Crippen molar-refractivity contribution >= 4 is 19.8 Å². The fourth-order valence-electron chi connectivity index (χ4n) is 10.3. The maximum atomic E-state index is 12.8. The quantitative estimate of drug-likeness (QED) is 0.0211. The second-order valence-corrected chi connectivity index (χ2v) is 26.7. The van der Waals surface area contributed by atoms with E-state index < -0.39 is 26.5 Å². The molecule has 0 radical (unpaired) electrons. The molecule has 84 heavy (non-hydrogen) atoms. The first-order valence-corrected chi connectivity index (χ1v) is 37.2. The third-order valence-corrected chi connectivity index (χ3v) is 16.7. The van der Waals surface area contributed by atoms with Gasteiger partial charge in [-0.25, -0.2) is 4.57 Å². The second-order valence-electron chi connectivity index (χ2n) is 25.2. The summed E-state index contributed by atoms with van der Waals surface area (Å²) in [7, 11) is 1.46. The Balaban J connectivity index is 3.89. The van der Waals surface area contributed by atoms with Gasteiger partial charge in [0, 0.05) is 12.8 Å². The molecule has 0 rings (SSSR count). The minimum atomic E-state index is -4.40. The Hall–Kier alpha value is -2.55. The summed E-state index contributed by atoms with van der Waals surface area (Å²) in [6, 6.07) is 0. The maximum absolute atomic E-state index is 12.8. The number of hydrogen-bond donors (Lipinski definition) is 1. The highest BCUT2D eigenvalue weighted by Crippen LogP contribution is 2.43. The van der Waals surface area contributed by atoms with E-state index in [-0.39, 0.29) is 32.0 Å². The minimum Gasteiger partial charge on any atom is -0.462 e. The van der Waals surface area contributed by atoms with Crippen LogP contribution in [0, 0.1) is 0 Å². The van der Waals surface area contributed by atoms with Crippen LogP contribution in [-0.4, -0.2) is 74.9 Å². The van der Waals surface area contributed by atoms with Crippen LogP contribution in [0.1, 0.15) is 335 Å². The molecule has 0 saturated heterocycles. The number of ether oxygens (including phenoxy) is 2. The topological polar surface area (TPSA) is 108 Å². The molecule has 0 aliphatic rings. The van der Waals surface area contributed by atoms with Crippen LogP contribution in [0.4, 0.5) is 0 Å². The van der Waals surface area contributed by atoms with E-state index in [1.165, 1.54) is 231 Å². The SMILES string of the molecule is CC/C=C\C/C=C\C/C=C\C/C=C\C/C=C\CCCCCC(=O)OC(COC(=O)CCCCCCCCCCCCCCCCCCCCCCCCCCCCCCC/C=C\CCCCCCCCCC)COP(=O)(O)OCC[N+](C)(C)C. The summed E-state index contributed by atoms with van der Waals surface area (Å²) in [5.74, 6) is -0.826. The van der Waals surface area contributed by atoms with E-state index in [1.807, 2.05) is 21.1 Å². The smallest absolute Gasteiger partial charge is 0.462 e. The molecule has 2 atom stereocenters. The molecule has 0 aromatic carbocycles. The molecule has 490 valence electrons. The van der Waals surface area contributed by atoms with E-state index in [0.717, 1.165) is 70.6 Å². The number of unbranched alkanes of at least 4 members (excludes halogenated alkanes) is 40. The molecule has 0 fully saturated rings. The van der Waals surface area contributed by atoms with E-state index in [0.29, 0.717) is 17.4 Å². The van der Waals surface area contributed by atoms with Crippen molar-refractivity contribution in [1.29, 1.82) is 0 Å². The van der Waals surface area contributed by atoms with Gasteiger partial charge in [-0.15, -0.1) is 0 Å². The molecule has 0 amide bonds. The molecular weight excluding hydrogens is 1060 g/mol. The monoisotopic (exact) mass is 1200 g/mol. The van der Waals surface area contributed by atoms with Gasteiger partial charge in [0.1, 0.15) is 19.8 Å². The number of carbonyl (C=O) groups excluding carboxylic acids is 2. The van der Waals surface area contributed by atoms with Gasteiger partial charge in [0.05, 0.1) is 27.7 Å².